The van der Waals surface area contributed by atoms with Crippen molar-refractivity contribution in [2.24, 2.45) is 0 Å². The molecule has 1 fully saturated rings. The summed E-state index contributed by atoms with van der Waals surface area (Å²) in [6.07, 6.45) is 9.50. The molecule has 0 radical (unpaired) electrons. The standard InChI is InChI=1S/C12H21N3/c1-2-15-10-7-13-12(15)11-14-8-5-3-4-6-9-14/h7,10H,2-6,8-9,11H2,1H3. The van der Waals surface area contributed by atoms with Crippen LogP contribution in [0.25, 0.3) is 0 Å². The van der Waals surface area contributed by atoms with Gasteiger partial charge in [-0.1, -0.05) is 12.8 Å². The fourth-order valence-electron chi connectivity index (χ4n) is 2.27. The van der Waals surface area contributed by atoms with E-state index in [1.54, 1.807) is 0 Å². The molecule has 0 aromatic carbocycles. The summed E-state index contributed by atoms with van der Waals surface area (Å²) < 4.78 is 2.24. The van der Waals surface area contributed by atoms with Crippen molar-refractivity contribution in [3.05, 3.63) is 18.2 Å². The van der Waals surface area contributed by atoms with Gasteiger partial charge >= 0.3 is 0 Å². The number of nitrogens with zero attached hydrogens (tertiary/aromatic N) is 3. The van der Waals surface area contributed by atoms with E-state index in [0.717, 1.165) is 13.1 Å². The molecule has 1 aliphatic rings. The van der Waals surface area contributed by atoms with Gasteiger partial charge in [0.25, 0.3) is 0 Å². The molecular formula is C12H21N3. The highest BCUT2D eigenvalue weighted by atomic mass is 15.2. The molecule has 84 valence electrons. The minimum atomic E-state index is 1.03. The van der Waals surface area contributed by atoms with E-state index in [9.17, 15) is 0 Å². The smallest absolute Gasteiger partial charge is 0.122 e. The van der Waals surface area contributed by atoms with E-state index in [0.29, 0.717) is 0 Å². The van der Waals surface area contributed by atoms with Crippen LogP contribution in [-0.4, -0.2) is 27.5 Å². The van der Waals surface area contributed by atoms with Gasteiger partial charge in [0.1, 0.15) is 5.82 Å². The third-order valence-electron chi connectivity index (χ3n) is 3.21. The van der Waals surface area contributed by atoms with Gasteiger partial charge in [0.05, 0.1) is 6.54 Å². The molecular weight excluding hydrogens is 186 g/mol. The first-order chi connectivity index (χ1) is 7.40. The number of likely N-dealkylation sites (tertiary alicyclic amines) is 1. The van der Waals surface area contributed by atoms with E-state index < -0.39 is 0 Å². The Morgan fingerprint density at radius 3 is 2.60 bits per heavy atom. The van der Waals surface area contributed by atoms with Crippen molar-refractivity contribution in [1.82, 2.24) is 14.5 Å². The third kappa shape index (κ3) is 2.81. The molecule has 0 spiro atoms. The van der Waals surface area contributed by atoms with Gasteiger partial charge in [0.2, 0.25) is 0 Å². The summed E-state index contributed by atoms with van der Waals surface area (Å²) in [5, 5.41) is 0. The van der Waals surface area contributed by atoms with Crippen molar-refractivity contribution in [3.8, 4) is 0 Å². The van der Waals surface area contributed by atoms with Crippen molar-refractivity contribution < 1.29 is 0 Å². The van der Waals surface area contributed by atoms with Crippen LogP contribution in [0.15, 0.2) is 12.4 Å². The zero-order valence-electron chi connectivity index (χ0n) is 9.65. The highest BCUT2D eigenvalue weighted by molar-refractivity contribution is 4.92. The van der Waals surface area contributed by atoms with Crippen molar-refractivity contribution in [2.75, 3.05) is 13.1 Å². The molecule has 1 saturated heterocycles. The van der Waals surface area contributed by atoms with Crippen LogP contribution >= 0.6 is 0 Å². The Hall–Kier alpha value is -0.830. The first-order valence-electron chi connectivity index (χ1n) is 6.12. The van der Waals surface area contributed by atoms with Crippen molar-refractivity contribution in [2.45, 2.75) is 45.7 Å². The van der Waals surface area contributed by atoms with Crippen molar-refractivity contribution in [1.29, 1.82) is 0 Å². The Morgan fingerprint density at radius 1 is 1.20 bits per heavy atom. The molecule has 0 saturated carbocycles. The molecule has 0 unspecified atom stereocenters. The van der Waals surface area contributed by atoms with Crippen LogP contribution in [0.1, 0.15) is 38.4 Å². The number of hydrogen-bond donors (Lipinski definition) is 0. The normalized spacial score (nSPS) is 19.0. The van der Waals surface area contributed by atoms with Crippen LogP contribution < -0.4 is 0 Å². The van der Waals surface area contributed by atoms with Gasteiger partial charge in [-0.25, -0.2) is 4.98 Å². The van der Waals surface area contributed by atoms with E-state index in [1.807, 2.05) is 6.20 Å². The Labute approximate surface area is 92.1 Å². The number of hydrogen-bond acceptors (Lipinski definition) is 2. The Balaban J connectivity index is 1.94. The molecule has 2 heterocycles. The first-order valence-corrected chi connectivity index (χ1v) is 6.12. The molecule has 2 rings (SSSR count). The van der Waals surface area contributed by atoms with Gasteiger partial charge in [-0.15, -0.1) is 0 Å². The largest absolute Gasteiger partial charge is 0.334 e. The number of aryl methyl sites for hydroxylation is 1. The second kappa shape index (κ2) is 5.31. The number of imidazole rings is 1. The Kier molecular flexibility index (Phi) is 3.78. The van der Waals surface area contributed by atoms with Gasteiger partial charge in [-0.3, -0.25) is 4.90 Å². The van der Waals surface area contributed by atoms with Gasteiger partial charge in [0.15, 0.2) is 0 Å². The lowest BCUT2D eigenvalue weighted by Gasteiger charge is -2.19. The molecule has 0 bridgehead atoms. The van der Waals surface area contributed by atoms with Crippen LogP contribution in [0, 0.1) is 0 Å². The lowest BCUT2D eigenvalue weighted by molar-refractivity contribution is 0.266. The van der Waals surface area contributed by atoms with Gasteiger partial charge in [0, 0.05) is 18.9 Å². The van der Waals surface area contributed by atoms with Crippen molar-refractivity contribution in [3.63, 3.8) is 0 Å². The Morgan fingerprint density at radius 2 is 1.93 bits per heavy atom. The molecule has 3 nitrogen and oxygen atoms in total. The van der Waals surface area contributed by atoms with E-state index >= 15 is 0 Å². The molecule has 0 aliphatic carbocycles. The summed E-state index contributed by atoms with van der Waals surface area (Å²) >= 11 is 0. The fraction of sp³-hybridized carbons (Fsp3) is 0.750. The SMILES string of the molecule is CCn1ccnc1CN1CCCCCC1. The van der Waals surface area contributed by atoms with Crippen LogP contribution in [-0.2, 0) is 13.1 Å². The maximum atomic E-state index is 4.43. The summed E-state index contributed by atoms with van der Waals surface area (Å²) in [7, 11) is 0. The minimum absolute atomic E-state index is 1.03. The first kappa shape index (κ1) is 10.7. The maximum Gasteiger partial charge on any atom is 0.122 e. The fourth-order valence-corrected chi connectivity index (χ4v) is 2.27. The molecule has 15 heavy (non-hydrogen) atoms. The molecule has 0 amide bonds. The zero-order valence-corrected chi connectivity index (χ0v) is 9.65. The van der Waals surface area contributed by atoms with Gasteiger partial charge in [-0.2, -0.15) is 0 Å². The van der Waals surface area contributed by atoms with E-state index in [-0.39, 0.29) is 0 Å². The summed E-state index contributed by atoms with van der Waals surface area (Å²) in [6, 6.07) is 0. The van der Waals surface area contributed by atoms with Gasteiger partial charge in [-0.05, 0) is 32.9 Å². The monoisotopic (exact) mass is 207 g/mol. The molecule has 1 aromatic rings. The summed E-state index contributed by atoms with van der Waals surface area (Å²) in [6.45, 7) is 6.73. The molecule has 1 aromatic heterocycles. The summed E-state index contributed by atoms with van der Waals surface area (Å²) in [5.41, 5.74) is 0. The van der Waals surface area contributed by atoms with E-state index in [1.165, 1.54) is 44.6 Å². The average molecular weight is 207 g/mol. The van der Waals surface area contributed by atoms with Crippen LogP contribution in [0.3, 0.4) is 0 Å². The summed E-state index contributed by atoms with van der Waals surface area (Å²) in [4.78, 5) is 6.98. The molecule has 3 heteroatoms. The molecule has 1 aliphatic heterocycles. The van der Waals surface area contributed by atoms with E-state index in [2.05, 4.69) is 27.6 Å². The lowest BCUT2D eigenvalue weighted by atomic mass is 10.2. The molecule has 0 N–H and O–H groups in total. The second-order valence-corrected chi connectivity index (χ2v) is 4.32. The van der Waals surface area contributed by atoms with Crippen LogP contribution in [0.5, 0.6) is 0 Å². The lowest BCUT2D eigenvalue weighted by Crippen LogP contribution is -2.25. The predicted octanol–water partition coefficient (Wildman–Crippen LogP) is 2.28. The van der Waals surface area contributed by atoms with E-state index in [4.69, 9.17) is 0 Å². The zero-order chi connectivity index (χ0) is 10.5. The topological polar surface area (TPSA) is 21.1 Å². The Bertz CT molecular complexity index is 285. The number of aromatic nitrogens is 2. The average Bonchev–Trinajstić information content (AvgIpc) is 2.53. The van der Waals surface area contributed by atoms with Crippen molar-refractivity contribution >= 4 is 0 Å². The van der Waals surface area contributed by atoms with Crippen LogP contribution in [0.4, 0.5) is 0 Å². The van der Waals surface area contributed by atoms with Gasteiger partial charge < -0.3 is 4.57 Å². The highest BCUT2D eigenvalue weighted by Gasteiger charge is 2.11. The maximum absolute atomic E-state index is 4.43. The highest BCUT2D eigenvalue weighted by Crippen LogP contribution is 2.12. The number of rotatable bonds is 3. The minimum Gasteiger partial charge on any atom is -0.334 e. The summed E-state index contributed by atoms with van der Waals surface area (Å²) in [5.74, 6) is 1.22. The quantitative estimate of drug-likeness (QED) is 0.758. The predicted molar refractivity (Wildman–Crippen MR) is 61.6 cm³/mol. The van der Waals surface area contributed by atoms with Crippen LogP contribution in [0.2, 0.25) is 0 Å². The third-order valence-corrected chi connectivity index (χ3v) is 3.21. The second-order valence-electron chi connectivity index (χ2n) is 4.32. The molecule has 0 atom stereocenters.